The number of carbonyl (C=O) groups excluding carboxylic acids is 1. The largest absolute Gasteiger partial charge is 0.325 e. The van der Waals surface area contributed by atoms with Gasteiger partial charge in [0.25, 0.3) is 0 Å². The molecule has 3 rings (SSSR count). The second kappa shape index (κ2) is 6.31. The number of urea groups is 1. The van der Waals surface area contributed by atoms with Gasteiger partial charge in [-0.2, -0.15) is 0 Å². The van der Waals surface area contributed by atoms with Crippen LogP contribution in [0.25, 0.3) is 11.3 Å². The number of thiazole rings is 1. The summed E-state index contributed by atoms with van der Waals surface area (Å²) in [6.45, 7) is 0. The molecule has 0 saturated carbocycles. The smallest absolute Gasteiger partial charge is 0.305 e. The van der Waals surface area contributed by atoms with Crippen molar-refractivity contribution in [2.45, 2.75) is 0 Å². The molecule has 2 N–H and O–H groups in total. The zero-order chi connectivity index (χ0) is 15.4. The van der Waals surface area contributed by atoms with E-state index in [0.29, 0.717) is 5.13 Å². The summed E-state index contributed by atoms with van der Waals surface area (Å²) >= 11 is 1.28. The number of nitrogens with zero attached hydrogens (tertiary/aromatic N) is 2. The Labute approximate surface area is 129 Å². The lowest BCUT2D eigenvalue weighted by molar-refractivity contribution is 0.262. The molecule has 2 aromatic heterocycles. The topological polar surface area (TPSA) is 66.9 Å². The van der Waals surface area contributed by atoms with Crippen LogP contribution in [0.15, 0.2) is 54.2 Å². The molecule has 0 atom stereocenters. The average molecular weight is 314 g/mol. The number of rotatable bonds is 3. The number of hydrogen-bond acceptors (Lipinski definition) is 4. The van der Waals surface area contributed by atoms with Gasteiger partial charge in [-0.1, -0.05) is 12.1 Å². The zero-order valence-corrected chi connectivity index (χ0v) is 12.1. The zero-order valence-electron chi connectivity index (χ0n) is 11.3. The Kier molecular flexibility index (Phi) is 4.06. The first-order chi connectivity index (χ1) is 10.7. The first-order valence-corrected chi connectivity index (χ1v) is 7.29. The standard InChI is InChI=1S/C15H11FN4OS/c16-11-5-1-2-6-12(11)18-14(21)20-15-19-13(9-22-15)10-4-3-7-17-8-10/h1-9H,(H2,18,19,20,21). The molecule has 5 nitrogen and oxygen atoms in total. The van der Waals surface area contributed by atoms with Gasteiger partial charge in [0.15, 0.2) is 5.13 Å². The predicted octanol–water partition coefficient (Wildman–Crippen LogP) is 3.99. The molecule has 0 aliphatic heterocycles. The monoisotopic (exact) mass is 314 g/mol. The normalized spacial score (nSPS) is 10.2. The van der Waals surface area contributed by atoms with E-state index in [-0.39, 0.29) is 5.69 Å². The second-order valence-corrected chi connectivity index (χ2v) is 5.20. The van der Waals surface area contributed by atoms with Gasteiger partial charge in [0.1, 0.15) is 5.82 Å². The minimum Gasteiger partial charge on any atom is -0.305 e. The number of hydrogen-bond donors (Lipinski definition) is 2. The van der Waals surface area contributed by atoms with E-state index in [1.54, 1.807) is 24.5 Å². The second-order valence-electron chi connectivity index (χ2n) is 4.34. The maximum absolute atomic E-state index is 13.5. The summed E-state index contributed by atoms with van der Waals surface area (Å²) in [6, 6.07) is 9.11. The summed E-state index contributed by atoms with van der Waals surface area (Å²) in [7, 11) is 0. The van der Waals surface area contributed by atoms with E-state index in [0.717, 1.165) is 11.3 Å². The van der Waals surface area contributed by atoms with Gasteiger partial charge in [-0.15, -0.1) is 11.3 Å². The highest BCUT2D eigenvalue weighted by Gasteiger charge is 2.09. The predicted molar refractivity (Wildman–Crippen MR) is 84.4 cm³/mol. The fraction of sp³-hybridized carbons (Fsp3) is 0. The first-order valence-electron chi connectivity index (χ1n) is 6.41. The van der Waals surface area contributed by atoms with E-state index in [1.165, 1.54) is 23.5 Å². The fourth-order valence-corrected chi connectivity index (χ4v) is 2.51. The van der Waals surface area contributed by atoms with E-state index in [4.69, 9.17) is 0 Å². The summed E-state index contributed by atoms with van der Waals surface area (Å²) in [4.78, 5) is 20.2. The van der Waals surface area contributed by atoms with E-state index < -0.39 is 11.8 Å². The van der Waals surface area contributed by atoms with Crippen molar-refractivity contribution in [1.29, 1.82) is 0 Å². The van der Waals surface area contributed by atoms with E-state index in [2.05, 4.69) is 20.6 Å². The number of carbonyl (C=O) groups is 1. The Balaban J connectivity index is 1.68. The summed E-state index contributed by atoms with van der Waals surface area (Å²) in [6.07, 6.45) is 3.37. The van der Waals surface area contributed by atoms with E-state index in [1.807, 2.05) is 17.5 Å². The molecule has 2 amide bonds. The molecular formula is C15H11FN4OS. The van der Waals surface area contributed by atoms with Gasteiger partial charge in [-0.3, -0.25) is 10.3 Å². The molecule has 0 aliphatic rings. The van der Waals surface area contributed by atoms with Gasteiger partial charge in [-0.05, 0) is 24.3 Å². The minimum absolute atomic E-state index is 0.115. The van der Waals surface area contributed by atoms with Gasteiger partial charge in [0.2, 0.25) is 0 Å². The van der Waals surface area contributed by atoms with E-state index >= 15 is 0 Å². The van der Waals surface area contributed by atoms with Crippen LogP contribution < -0.4 is 10.6 Å². The van der Waals surface area contributed by atoms with Gasteiger partial charge < -0.3 is 5.32 Å². The number of halogens is 1. The van der Waals surface area contributed by atoms with Crippen LogP contribution in [0, 0.1) is 5.82 Å². The number of amides is 2. The lowest BCUT2D eigenvalue weighted by atomic mass is 10.2. The number of nitrogens with one attached hydrogen (secondary N) is 2. The Morgan fingerprint density at radius 3 is 2.77 bits per heavy atom. The Morgan fingerprint density at radius 1 is 1.14 bits per heavy atom. The maximum Gasteiger partial charge on any atom is 0.325 e. The van der Waals surface area contributed by atoms with Crippen molar-refractivity contribution in [2.24, 2.45) is 0 Å². The van der Waals surface area contributed by atoms with Crippen LogP contribution in [0.1, 0.15) is 0 Å². The van der Waals surface area contributed by atoms with Crippen LogP contribution in [-0.4, -0.2) is 16.0 Å². The van der Waals surface area contributed by atoms with Gasteiger partial charge in [0.05, 0.1) is 11.4 Å². The molecule has 0 spiro atoms. The van der Waals surface area contributed by atoms with Crippen LogP contribution >= 0.6 is 11.3 Å². The molecule has 0 bridgehead atoms. The number of pyridine rings is 1. The molecule has 3 aromatic rings. The quantitative estimate of drug-likeness (QED) is 0.768. The molecule has 22 heavy (non-hydrogen) atoms. The van der Waals surface area contributed by atoms with Crippen molar-refractivity contribution in [3.8, 4) is 11.3 Å². The fourth-order valence-electron chi connectivity index (χ4n) is 1.79. The van der Waals surface area contributed by atoms with Crippen molar-refractivity contribution in [3.05, 3.63) is 60.0 Å². The van der Waals surface area contributed by atoms with Crippen LogP contribution in [0.2, 0.25) is 0 Å². The van der Waals surface area contributed by atoms with Crippen molar-refractivity contribution in [2.75, 3.05) is 10.6 Å². The van der Waals surface area contributed by atoms with Gasteiger partial charge in [0, 0.05) is 23.3 Å². The van der Waals surface area contributed by atoms with Gasteiger partial charge >= 0.3 is 6.03 Å². The molecule has 110 valence electrons. The Morgan fingerprint density at radius 2 is 2.00 bits per heavy atom. The third-order valence-electron chi connectivity index (χ3n) is 2.80. The molecular weight excluding hydrogens is 303 g/mol. The number of aromatic nitrogens is 2. The SMILES string of the molecule is O=C(Nc1nc(-c2cccnc2)cs1)Nc1ccccc1F. The van der Waals surface area contributed by atoms with Crippen molar-refractivity contribution < 1.29 is 9.18 Å². The highest BCUT2D eigenvalue weighted by molar-refractivity contribution is 7.14. The molecule has 7 heteroatoms. The Hall–Kier alpha value is -2.80. The summed E-state index contributed by atoms with van der Waals surface area (Å²) in [5, 5.41) is 7.25. The molecule has 1 aromatic carbocycles. The number of benzene rings is 1. The molecule has 0 aliphatic carbocycles. The first kappa shape index (κ1) is 14.2. The number of anilines is 2. The average Bonchev–Trinajstić information content (AvgIpc) is 2.99. The third kappa shape index (κ3) is 3.26. The van der Waals surface area contributed by atoms with Crippen molar-refractivity contribution >= 4 is 28.2 Å². The maximum atomic E-state index is 13.5. The van der Waals surface area contributed by atoms with Crippen LogP contribution in [0.4, 0.5) is 20.0 Å². The lowest BCUT2D eigenvalue weighted by Crippen LogP contribution is -2.19. The van der Waals surface area contributed by atoms with Crippen LogP contribution in [-0.2, 0) is 0 Å². The van der Waals surface area contributed by atoms with Crippen LogP contribution in [0.3, 0.4) is 0 Å². The van der Waals surface area contributed by atoms with Crippen molar-refractivity contribution in [1.82, 2.24) is 9.97 Å². The van der Waals surface area contributed by atoms with E-state index in [9.17, 15) is 9.18 Å². The molecule has 0 unspecified atom stereocenters. The Bertz CT molecular complexity index is 791. The summed E-state index contributed by atoms with van der Waals surface area (Å²) in [5.41, 5.74) is 1.70. The third-order valence-corrected chi connectivity index (χ3v) is 3.56. The lowest BCUT2D eigenvalue weighted by Gasteiger charge is -2.05. The van der Waals surface area contributed by atoms with Gasteiger partial charge in [-0.25, -0.2) is 14.2 Å². The molecule has 2 heterocycles. The molecule has 0 saturated heterocycles. The highest BCUT2D eigenvalue weighted by Crippen LogP contribution is 2.24. The molecule has 0 radical (unpaired) electrons. The number of para-hydroxylation sites is 1. The minimum atomic E-state index is -0.544. The highest BCUT2D eigenvalue weighted by atomic mass is 32.1. The summed E-state index contributed by atoms with van der Waals surface area (Å²) in [5.74, 6) is -0.493. The van der Waals surface area contributed by atoms with Crippen molar-refractivity contribution in [3.63, 3.8) is 0 Å². The van der Waals surface area contributed by atoms with Crippen LogP contribution in [0.5, 0.6) is 0 Å². The summed E-state index contributed by atoms with van der Waals surface area (Å²) < 4.78 is 13.5. The molecule has 0 fully saturated rings.